The van der Waals surface area contributed by atoms with E-state index in [4.69, 9.17) is 9.47 Å². The minimum atomic E-state index is -0.413. The quantitative estimate of drug-likeness (QED) is 0.102. The molecule has 1 unspecified atom stereocenters. The molecule has 0 aliphatic heterocycles. The van der Waals surface area contributed by atoms with E-state index in [1.165, 1.54) is 87.3 Å². The fourth-order valence-electron chi connectivity index (χ4n) is 5.10. The number of esters is 1. The molecular formula is C37H51NO3. The maximum absolute atomic E-state index is 12.8. The third-order valence-corrected chi connectivity index (χ3v) is 7.72. The van der Waals surface area contributed by atoms with E-state index >= 15 is 0 Å². The molecule has 0 saturated heterocycles. The average molecular weight is 558 g/mol. The van der Waals surface area contributed by atoms with Crippen molar-refractivity contribution >= 4 is 5.97 Å². The number of hydrogen-bond acceptors (Lipinski definition) is 4. The molecule has 0 fully saturated rings. The lowest BCUT2D eigenvalue weighted by Crippen LogP contribution is -2.12. The molecule has 1 atom stereocenters. The van der Waals surface area contributed by atoms with Crippen molar-refractivity contribution in [3.05, 3.63) is 83.7 Å². The Labute approximate surface area is 248 Å². The summed E-state index contributed by atoms with van der Waals surface area (Å²) >= 11 is 0. The second-order valence-electron chi connectivity index (χ2n) is 11.1. The van der Waals surface area contributed by atoms with Gasteiger partial charge in [0.25, 0.3) is 0 Å². The third kappa shape index (κ3) is 11.7. The van der Waals surface area contributed by atoms with Crippen LogP contribution < -0.4 is 4.74 Å². The van der Waals surface area contributed by atoms with E-state index in [0.29, 0.717) is 24.5 Å². The van der Waals surface area contributed by atoms with Crippen molar-refractivity contribution in [2.45, 2.75) is 117 Å². The van der Waals surface area contributed by atoms with Gasteiger partial charge in [-0.15, -0.1) is 0 Å². The summed E-state index contributed by atoms with van der Waals surface area (Å²) in [5, 5.41) is 0. The summed E-state index contributed by atoms with van der Waals surface area (Å²) in [6.07, 6.45) is 18.5. The van der Waals surface area contributed by atoms with Gasteiger partial charge in [0, 0.05) is 0 Å². The topological polar surface area (TPSA) is 48.4 Å². The van der Waals surface area contributed by atoms with Gasteiger partial charge in [0.15, 0.2) is 0 Å². The van der Waals surface area contributed by atoms with E-state index in [1.54, 1.807) is 18.3 Å². The van der Waals surface area contributed by atoms with Crippen LogP contribution in [0, 0.1) is 0 Å². The van der Waals surface area contributed by atoms with E-state index in [1.807, 2.05) is 6.92 Å². The summed E-state index contributed by atoms with van der Waals surface area (Å²) in [5.41, 5.74) is 5.07. The van der Waals surface area contributed by atoms with Crippen LogP contribution in [0.4, 0.5) is 0 Å². The highest BCUT2D eigenvalue weighted by atomic mass is 16.5. The predicted octanol–water partition coefficient (Wildman–Crippen LogP) is 10.7. The predicted molar refractivity (Wildman–Crippen MR) is 171 cm³/mol. The molecular weight excluding hydrogens is 506 g/mol. The smallest absolute Gasteiger partial charge is 0.357 e. The third-order valence-electron chi connectivity index (χ3n) is 7.72. The molecule has 4 nitrogen and oxygen atoms in total. The Morgan fingerprint density at radius 3 is 1.85 bits per heavy atom. The van der Waals surface area contributed by atoms with E-state index < -0.39 is 5.97 Å². The molecule has 0 spiro atoms. The minimum absolute atomic E-state index is 0.298. The highest BCUT2D eigenvalue weighted by Crippen LogP contribution is 2.27. The van der Waals surface area contributed by atoms with Crippen LogP contribution in [0.2, 0.25) is 0 Å². The van der Waals surface area contributed by atoms with Gasteiger partial charge < -0.3 is 9.47 Å². The summed E-state index contributed by atoms with van der Waals surface area (Å²) in [6, 6.07) is 20.8. The van der Waals surface area contributed by atoms with Crippen LogP contribution in [0.1, 0.15) is 132 Å². The number of pyridine rings is 1. The molecule has 0 amide bonds. The first-order valence-corrected chi connectivity index (χ1v) is 16.1. The van der Waals surface area contributed by atoms with Gasteiger partial charge in [0.1, 0.15) is 17.5 Å². The van der Waals surface area contributed by atoms with Crippen LogP contribution in [-0.2, 0) is 11.2 Å². The SMILES string of the molecule is CCCCCCCCCc1ccc(-c2ccc(C(CC)OC(=O)c3ccc(OCCCCCCC)cn3)cc2)cc1. The molecule has 41 heavy (non-hydrogen) atoms. The molecule has 0 N–H and O–H groups in total. The summed E-state index contributed by atoms with van der Waals surface area (Å²) < 4.78 is 11.6. The molecule has 0 saturated carbocycles. The van der Waals surface area contributed by atoms with Crippen molar-refractivity contribution in [3.63, 3.8) is 0 Å². The zero-order valence-electron chi connectivity index (χ0n) is 25.7. The first kappa shape index (κ1) is 32.4. The number of benzene rings is 2. The number of carbonyl (C=O) groups excluding carboxylic acids is 1. The molecule has 0 radical (unpaired) electrons. The molecule has 2 aromatic carbocycles. The minimum Gasteiger partial charge on any atom is -0.492 e. The normalized spacial score (nSPS) is 11.8. The van der Waals surface area contributed by atoms with Crippen molar-refractivity contribution in [3.8, 4) is 16.9 Å². The number of aryl methyl sites for hydroxylation is 1. The number of unbranched alkanes of at least 4 members (excludes halogenated alkanes) is 10. The lowest BCUT2D eigenvalue weighted by Gasteiger charge is -2.17. The number of carbonyl (C=O) groups is 1. The lowest BCUT2D eigenvalue weighted by molar-refractivity contribution is 0.0281. The zero-order chi connectivity index (χ0) is 29.1. The van der Waals surface area contributed by atoms with Crippen LogP contribution in [0.5, 0.6) is 5.75 Å². The Morgan fingerprint density at radius 2 is 1.27 bits per heavy atom. The molecule has 4 heteroatoms. The van der Waals surface area contributed by atoms with Gasteiger partial charge in [0.05, 0.1) is 12.8 Å². The molecule has 3 rings (SSSR count). The monoisotopic (exact) mass is 557 g/mol. The van der Waals surface area contributed by atoms with Crippen LogP contribution in [0.15, 0.2) is 66.9 Å². The zero-order valence-corrected chi connectivity index (χ0v) is 25.7. The lowest BCUT2D eigenvalue weighted by atomic mass is 9.98. The van der Waals surface area contributed by atoms with E-state index in [0.717, 1.165) is 18.4 Å². The molecule has 1 aromatic heterocycles. The maximum atomic E-state index is 12.8. The fraction of sp³-hybridized carbons (Fsp3) is 0.514. The largest absolute Gasteiger partial charge is 0.492 e. The second-order valence-corrected chi connectivity index (χ2v) is 11.1. The number of rotatable bonds is 20. The van der Waals surface area contributed by atoms with Crippen molar-refractivity contribution in [2.75, 3.05) is 6.61 Å². The van der Waals surface area contributed by atoms with Crippen molar-refractivity contribution < 1.29 is 14.3 Å². The number of hydrogen-bond donors (Lipinski definition) is 0. The Hall–Kier alpha value is -3.14. The Balaban J connectivity index is 1.46. The van der Waals surface area contributed by atoms with Gasteiger partial charge in [-0.25, -0.2) is 9.78 Å². The molecule has 0 aliphatic carbocycles. The van der Waals surface area contributed by atoms with Gasteiger partial charge in [-0.3, -0.25) is 0 Å². The number of nitrogens with zero attached hydrogens (tertiary/aromatic N) is 1. The summed E-state index contributed by atoms with van der Waals surface area (Å²) in [7, 11) is 0. The first-order chi connectivity index (χ1) is 20.1. The molecule has 0 bridgehead atoms. The Morgan fingerprint density at radius 1 is 0.683 bits per heavy atom. The van der Waals surface area contributed by atoms with E-state index in [2.05, 4.69) is 67.4 Å². The van der Waals surface area contributed by atoms with Crippen molar-refractivity contribution in [2.24, 2.45) is 0 Å². The van der Waals surface area contributed by atoms with E-state index in [-0.39, 0.29) is 6.10 Å². The Bertz CT molecular complexity index is 1110. The van der Waals surface area contributed by atoms with Crippen LogP contribution in [-0.4, -0.2) is 17.6 Å². The highest BCUT2D eigenvalue weighted by Gasteiger charge is 2.18. The van der Waals surface area contributed by atoms with Gasteiger partial charge >= 0.3 is 5.97 Å². The summed E-state index contributed by atoms with van der Waals surface area (Å²) in [6.45, 7) is 7.18. The van der Waals surface area contributed by atoms with Crippen molar-refractivity contribution in [1.82, 2.24) is 4.98 Å². The van der Waals surface area contributed by atoms with Gasteiger partial charge in [-0.1, -0.05) is 134 Å². The van der Waals surface area contributed by atoms with Gasteiger partial charge in [-0.05, 0) is 60.1 Å². The van der Waals surface area contributed by atoms with Gasteiger partial charge in [-0.2, -0.15) is 0 Å². The van der Waals surface area contributed by atoms with Crippen molar-refractivity contribution in [1.29, 1.82) is 0 Å². The number of ether oxygens (including phenoxy) is 2. The summed E-state index contributed by atoms with van der Waals surface area (Å²) in [4.78, 5) is 17.1. The van der Waals surface area contributed by atoms with E-state index in [9.17, 15) is 4.79 Å². The average Bonchev–Trinajstić information content (AvgIpc) is 3.02. The highest BCUT2D eigenvalue weighted by molar-refractivity contribution is 5.87. The maximum Gasteiger partial charge on any atom is 0.357 e. The first-order valence-electron chi connectivity index (χ1n) is 16.1. The standard InChI is InChI=1S/C37H51NO3/c1-4-7-9-11-12-13-15-17-30-18-20-31(21-19-30)32-22-24-33(25-23-32)36(6-3)41-37(39)35-27-26-34(29-38-35)40-28-16-14-10-8-5-2/h18-27,29,36H,4-17,28H2,1-3H3. The second kappa shape index (κ2) is 19.1. The van der Waals surface area contributed by atoms with Crippen LogP contribution in [0.25, 0.3) is 11.1 Å². The summed E-state index contributed by atoms with van der Waals surface area (Å²) in [5.74, 6) is 0.272. The molecule has 3 aromatic rings. The fourth-order valence-corrected chi connectivity index (χ4v) is 5.10. The molecule has 222 valence electrons. The number of aromatic nitrogens is 1. The van der Waals surface area contributed by atoms with Crippen LogP contribution >= 0.6 is 0 Å². The molecule has 1 heterocycles. The molecule has 0 aliphatic rings. The van der Waals surface area contributed by atoms with Gasteiger partial charge in [0.2, 0.25) is 0 Å². The van der Waals surface area contributed by atoms with Crippen LogP contribution in [0.3, 0.4) is 0 Å². The Kier molecular flexibility index (Phi) is 15.1.